The molecule has 110 heavy (non-hydrogen) atoms. The molecule has 634 valence electrons. The molecule has 0 radical (unpaired) electrons. The number of rotatable bonds is 77. The van der Waals surface area contributed by atoms with Crippen molar-refractivity contribution >= 4 is 85.1 Å². The third-order valence-electron chi connectivity index (χ3n) is 20.1. The Morgan fingerprint density at radius 1 is 0.355 bits per heavy atom. The van der Waals surface area contributed by atoms with Crippen molar-refractivity contribution in [3.05, 3.63) is 36.7 Å². The van der Waals surface area contributed by atoms with Crippen molar-refractivity contribution in [3.63, 3.8) is 0 Å². The summed E-state index contributed by atoms with van der Waals surface area (Å²) in [5.74, 6) is -5.14. The number of anilines is 2. The molecule has 6 N–H and O–H groups in total. The van der Waals surface area contributed by atoms with Gasteiger partial charge in [-0.3, -0.25) is 38.3 Å². The molecule has 0 fully saturated rings. The fourth-order valence-electron chi connectivity index (χ4n) is 13.4. The summed E-state index contributed by atoms with van der Waals surface area (Å²) in [6.07, 6.45) is 62.7. The van der Waals surface area contributed by atoms with Gasteiger partial charge in [0.25, 0.3) is 0 Å². The maximum Gasteiger partial charge on any atom is 0.329 e. The summed E-state index contributed by atoms with van der Waals surface area (Å²) in [4.78, 5) is 84.3. The van der Waals surface area contributed by atoms with Crippen LogP contribution in [0.2, 0.25) is 0 Å². The normalized spacial score (nSPS) is 13.0. The average molecular weight is 1620 g/mol. The molecule has 2 rings (SSSR count). The number of thiocarbonyl (C=S) groups is 2. The van der Waals surface area contributed by atoms with Crippen molar-refractivity contribution in [3.8, 4) is 11.4 Å². The van der Waals surface area contributed by atoms with Crippen molar-refractivity contribution in [1.82, 2.24) is 20.6 Å². The molecule has 0 aliphatic heterocycles. The maximum absolute atomic E-state index is 13.5. The minimum Gasteiger partial charge on any atom is -0.466 e. The van der Waals surface area contributed by atoms with Crippen LogP contribution in [0.25, 0.3) is 11.4 Å². The summed E-state index contributed by atoms with van der Waals surface area (Å²) >= 11 is 11.1. The van der Waals surface area contributed by atoms with Crippen LogP contribution in [-0.2, 0) is 56.3 Å². The highest BCUT2D eigenvalue weighted by molar-refractivity contribution is 7.80. The van der Waals surface area contributed by atoms with Gasteiger partial charge in [-0.2, -0.15) is 0 Å². The van der Waals surface area contributed by atoms with E-state index in [9.17, 15) is 38.1 Å². The lowest BCUT2D eigenvalue weighted by molar-refractivity contribution is -0.154. The molecule has 4 atom stereocenters. The van der Waals surface area contributed by atoms with Crippen LogP contribution < -0.4 is 21.3 Å². The number of esters is 4. The van der Waals surface area contributed by atoms with E-state index in [0.717, 1.165) is 77.0 Å². The number of hydrogen-bond donors (Lipinski definition) is 6. The smallest absolute Gasteiger partial charge is 0.329 e. The molecule has 0 spiro atoms. The highest BCUT2D eigenvalue weighted by Gasteiger charge is 2.35. The summed E-state index contributed by atoms with van der Waals surface area (Å²) in [6, 6.07) is 6.87. The van der Waals surface area contributed by atoms with Crippen LogP contribution >= 0.6 is 39.6 Å². The van der Waals surface area contributed by atoms with Crippen LogP contribution in [-0.4, -0.2) is 119 Å². The first kappa shape index (κ1) is 102. The van der Waals surface area contributed by atoms with Crippen LogP contribution in [0.5, 0.6) is 0 Å². The van der Waals surface area contributed by atoms with Crippen LogP contribution in [0.4, 0.5) is 11.4 Å². The van der Waals surface area contributed by atoms with Gasteiger partial charge in [0.05, 0.1) is 88.0 Å². The topological polar surface area (TPSA) is 272 Å². The van der Waals surface area contributed by atoms with Gasteiger partial charge in [0.15, 0.2) is 10.2 Å². The molecular weight excluding hydrogens is 1470 g/mol. The zero-order chi connectivity index (χ0) is 79.9. The summed E-state index contributed by atoms with van der Waals surface area (Å²) in [7, 11) is -8.83. The highest BCUT2D eigenvalue weighted by atomic mass is 32.1. The van der Waals surface area contributed by atoms with Crippen molar-refractivity contribution in [2.45, 2.75) is 374 Å². The van der Waals surface area contributed by atoms with Gasteiger partial charge in [0, 0.05) is 36.9 Å². The molecular formula is C86H154N6O14P2S2. The lowest BCUT2D eigenvalue weighted by atomic mass is 10.0. The quantitative estimate of drug-likeness (QED) is 0.0118. The number of nitrogens with one attached hydrogen (secondary N) is 4. The van der Waals surface area contributed by atoms with Gasteiger partial charge in [-0.05, 0) is 74.4 Å². The maximum atomic E-state index is 13.5. The minimum absolute atomic E-state index is 0.0342. The van der Waals surface area contributed by atoms with Gasteiger partial charge in [0.1, 0.15) is 0 Å². The molecule has 2 heterocycles. The first-order chi connectivity index (χ1) is 53.5. The number of pyridine rings is 2. The third-order valence-corrected chi connectivity index (χ3v) is 23.5. The molecule has 0 aliphatic rings. The Balaban J connectivity index is 1.90. The number of nitrogens with zero attached hydrogens (tertiary/aromatic N) is 2. The molecule has 0 aliphatic carbocycles. The van der Waals surface area contributed by atoms with Crippen LogP contribution in [0.3, 0.4) is 0 Å². The van der Waals surface area contributed by atoms with Gasteiger partial charge in [0.2, 0.25) is 0 Å². The van der Waals surface area contributed by atoms with E-state index in [4.69, 9.17) is 52.4 Å². The van der Waals surface area contributed by atoms with E-state index in [1.165, 1.54) is 231 Å². The molecule has 20 nitrogen and oxygen atoms in total. The van der Waals surface area contributed by atoms with Crippen LogP contribution in [0.15, 0.2) is 36.7 Å². The molecule has 4 unspecified atom stereocenters. The van der Waals surface area contributed by atoms with E-state index in [-0.39, 0.29) is 63.0 Å². The monoisotopic (exact) mass is 1620 g/mol. The standard InChI is InChI=1S/C86H154N6O14P2S2/c1-5-9-13-17-21-25-29-33-37-41-45-49-53-63-101-81(93)69-75(83(95)103-65-55-51-47-43-39-35-31-27-23-19-15-11-7-3)73-107(97,98)105-67-61-89-85(109)91-77-57-59-87-79(71-77)80-72-78(58-60-88-80)92-86(110)90-62-68-106-108(99,100)74-76(84(96)104-66-56-52-48-44-40-36-32-28-24-20-16-12-8-4)70-82(94)102-64-54-50-46-42-38-34-30-26-22-18-14-10-6-2/h57-60,71-72,75-76H,5-56,61-70,73-74H2,1-4H3,(H,97,98)(H,99,100)(H2,87,89,91,109)(H2,88,90,92,110). The zero-order valence-electron chi connectivity index (χ0n) is 69.3. The van der Waals surface area contributed by atoms with E-state index in [1.54, 1.807) is 36.7 Å². The molecule has 2 aromatic heterocycles. The second-order valence-electron chi connectivity index (χ2n) is 30.5. The third kappa shape index (κ3) is 61.3. The lowest BCUT2D eigenvalue weighted by Crippen LogP contribution is -2.31. The van der Waals surface area contributed by atoms with Gasteiger partial charge in [-0.1, -0.05) is 336 Å². The highest BCUT2D eigenvalue weighted by Crippen LogP contribution is 2.46. The van der Waals surface area contributed by atoms with Gasteiger partial charge < -0.3 is 59.0 Å². The summed E-state index contributed by atoms with van der Waals surface area (Å²) in [5.41, 5.74) is 2.11. The summed E-state index contributed by atoms with van der Waals surface area (Å²) in [6.45, 7) is 9.30. The molecule has 0 saturated heterocycles. The molecule has 0 saturated carbocycles. The van der Waals surface area contributed by atoms with E-state index in [0.29, 0.717) is 48.4 Å². The van der Waals surface area contributed by atoms with Gasteiger partial charge in [-0.15, -0.1) is 0 Å². The molecule has 0 amide bonds. The predicted molar refractivity (Wildman–Crippen MR) is 460 cm³/mol. The second kappa shape index (κ2) is 71.4. The second-order valence-corrected chi connectivity index (χ2v) is 35.1. The van der Waals surface area contributed by atoms with Gasteiger partial charge in [-0.25, -0.2) is 0 Å². The number of carbonyl (C=O) groups is 4. The van der Waals surface area contributed by atoms with E-state index in [2.05, 4.69) is 58.9 Å². The van der Waals surface area contributed by atoms with Crippen molar-refractivity contribution in [2.24, 2.45) is 11.8 Å². The van der Waals surface area contributed by atoms with Gasteiger partial charge >= 0.3 is 39.1 Å². The molecule has 24 heteroatoms. The van der Waals surface area contributed by atoms with Crippen LogP contribution in [0.1, 0.15) is 374 Å². The zero-order valence-corrected chi connectivity index (χ0v) is 72.7. The van der Waals surface area contributed by atoms with Crippen LogP contribution in [0, 0.1) is 11.8 Å². The number of carbonyl (C=O) groups excluding carboxylic acids is 4. The van der Waals surface area contributed by atoms with Crippen molar-refractivity contribution in [2.75, 3.05) is 75.7 Å². The SMILES string of the molecule is CCCCCCCCCCCCCCCOC(=O)CC(CP(=O)(O)OCCNC(=S)Nc1ccnc(-c2cc(NC(=S)NCCOP(=O)(O)CC(CC(=O)OCCCCCCCCCCCCCCC)C(=O)OCCCCCCCCCCCCCCC)ccn2)c1)C(=O)OCCCCCCCCCCCCCCC. The fourth-order valence-corrected chi connectivity index (χ4v) is 16.5. The lowest BCUT2D eigenvalue weighted by Gasteiger charge is -2.19. The van der Waals surface area contributed by atoms with Crippen molar-refractivity contribution in [1.29, 1.82) is 0 Å². The number of ether oxygens (including phenoxy) is 4. The van der Waals surface area contributed by atoms with E-state index in [1.807, 2.05) is 0 Å². The summed E-state index contributed by atoms with van der Waals surface area (Å²) in [5, 5.41) is 12.5. The first-order valence-corrected chi connectivity index (χ1v) is 48.4. The predicted octanol–water partition coefficient (Wildman–Crippen LogP) is 23.7. The Kier molecular flexibility index (Phi) is 66.2. The summed E-state index contributed by atoms with van der Waals surface area (Å²) < 4.78 is 60.3. The molecule has 0 aromatic carbocycles. The Labute approximate surface area is 677 Å². The Hall–Kier alpha value is -4.14. The molecule has 2 aromatic rings. The fraction of sp³-hybridized carbons (Fsp3) is 0.814. The number of unbranched alkanes of at least 4 members (excludes halogenated alkanes) is 48. The average Bonchev–Trinajstić information content (AvgIpc) is 0.851. The Morgan fingerprint density at radius 2 is 0.582 bits per heavy atom. The van der Waals surface area contributed by atoms with E-state index >= 15 is 0 Å². The first-order valence-electron chi connectivity index (χ1n) is 44.1. The Bertz CT molecular complexity index is 2560. The number of aromatic nitrogens is 2. The Morgan fingerprint density at radius 3 is 0.827 bits per heavy atom. The number of hydrogen-bond acceptors (Lipinski definition) is 16. The van der Waals surface area contributed by atoms with E-state index < -0.39 is 76.1 Å². The minimum atomic E-state index is -4.41. The van der Waals surface area contributed by atoms with Crippen molar-refractivity contribution < 1.29 is 66.1 Å². The molecule has 0 bridgehead atoms. The largest absolute Gasteiger partial charge is 0.466 e.